The summed E-state index contributed by atoms with van der Waals surface area (Å²) < 4.78 is 0. The van der Waals surface area contributed by atoms with Gasteiger partial charge in [-0.15, -0.1) is 0 Å². The third-order valence-electron chi connectivity index (χ3n) is 1.49. The summed E-state index contributed by atoms with van der Waals surface area (Å²) in [7, 11) is 0. The van der Waals surface area contributed by atoms with Gasteiger partial charge < -0.3 is 29.9 Å². The van der Waals surface area contributed by atoms with E-state index in [4.69, 9.17) is 5.11 Å². The van der Waals surface area contributed by atoms with Gasteiger partial charge in [-0.25, -0.2) is 0 Å². The Balaban J connectivity index is -0.000000135. The largest absolute Gasteiger partial charge is 2.00 e. The van der Waals surface area contributed by atoms with Crippen LogP contribution in [-0.2, 0) is 4.79 Å². The van der Waals surface area contributed by atoms with Crippen LogP contribution in [0.1, 0.15) is 45.4 Å². The number of rotatable bonds is 6. The normalized spacial score (nSPS) is 7.46. The molecule has 0 unspecified atom stereocenters. The Morgan fingerprint density at radius 2 is 1.54 bits per heavy atom. The average Bonchev–Trinajstić information content (AvgIpc) is 1.87. The fourth-order valence-electron chi connectivity index (χ4n) is 0.880. The van der Waals surface area contributed by atoms with Gasteiger partial charge in [-0.3, -0.25) is 4.79 Å². The monoisotopic (exact) mass is 254 g/mol. The van der Waals surface area contributed by atoms with Gasteiger partial charge in [0.05, 0.1) is 0 Å². The summed E-state index contributed by atoms with van der Waals surface area (Å²) in [5.41, 5.74) is 0. The zero-order valence-corrected chi connectivity index (χ0v) is 11.8. The van der Waals surface area contributed by atoms with Gasteiger partial charge in [-0.05, 0) is 6.42 Å². The number of carboxylic acids is 1. The van der Waals surface area contributed by atoms with Crippen molar-refractivity contribution in [3.8, 4) is 0 Å². The number of hydrogen-bond acceptors (Lipinski definition) is 1. The Morgan fingerprint density at radius 3 is 1.92 bits per heavy atom. The van der Waals surface area contributed by atoms with Crippen molar-refractivity contribution in [1.29, 1.82) is 0 Å². The van der Waals surface area contributed by atoms with Crippen molar-refractivity contribution < 1.29 is 34.7 Å². The van der Waals surface area contributed by atoms with Crippen molar-refractivity contribution in [2.24, 2.45) is 0 Å². The van der Waals surface area contributed by atoms with E-state index in [1.807, 2.05) is 0 Å². The third kappa shape index (κ3) is 24.7. The quantitative estimate of drug-likeness (QED) is 0.389. The van der Waals surface area contributed by atoms with Crippen LogP contribution in [0.5, 0.6) is 0 Å². The van der Waals surface area contributed by atoms with E-state index in [1.54, 1.807) is 0 Å². The summed E-state index contributed by atoms with van der Waals surface area (Å²) in [6.45, 7) is 2.15. The van der Waals surface area contributed by atoms with Crippen molar-refractivity contribution in [2.75, 3.05) is 0 Å². The van der Waals surface area contributed by atoms with E-state index in [1.165, 1.54) is 19.3 Å². The molecule has 0 fully saturated rings. The first-order valence-corrected chi connectivity index (χ1v) is 3.99. The molecule has 0 radical (unpaired) electrons. The van der Waals surface area contributed by atoms with Crippen molar-refractivity contribution >= 4 is 43.7 Å². The van der Waals surface area contributed by atoms with E-state index in [9.17, 15) is 4.79 Å². The van der Waals surface area contributed by atoms with Crippen LogP contribution < -0.4 is 24.8 Å². The number of aliphatic carboxylic acids is 1. The maximum Gasteiger partial charge on any atom is 2.00 e. The molecular formula is C8H16CaCl2O2. The van der Waals surface area contributed by atoms with Crippen molar-refractivity contribution in [2.45, 2.75) is 45.4 Å². The number of hydrogen-bond donors (Lipinski definition) is 1. The summed E-state index contributed by atoms with van der Waals surface area (Å²) in [5.74, 6) is -0.670. The van der Waals surface area contributed by atoms with E-state index < -0.39 is 5.97 Å². The SMILES string of the molecule is CCCCCCCC(=O)O.[Ca+2].[Cl-].[Cl-]. The van der Waals surface area contributed by atoms with Crippen molar-refractivity contribution in [3.63, 3.8) is 0 Å². The number of carbonyl (C=O) groups is 1. The van der Waals surface area contributed by atoms with Crippen molar-refractivity contribution in [3.05, 3.63) is 0 Å². The van der Waals surface area contributed by atoms with E-state index in [0.717, 1.165) is 12.8 Å². The predicted octanol–water partition coefficient (Wildman–Crippen LogP) is -3.94. The standard InChI is InChI=1S/C8H16O2.Ca.2ClH/c1-2-3-4-5-6-7-8(9)10;;;/h2-7H2,1H3,(H,9,10);;2*1H/q;+2;;/p-2. The van der Waals surface area contributed by atoms with Gasteiger partial charge >= 0.3 is 43.7 Å². The Kier molecular flexibility index (Phi) is 34.8. The van der Waals surface area contributed by atoms with Crippen LogP contribution in [0, 0.1) is 0 Å². The molecule has 0 bridgehead atoms. The van der Waals surface area contributed by atoms with Crippen LogP contribution in [0.4, 0.5) is 0 Å². The minimum Gasteiger partial charge on any atom is -1.00 e. The molecule has 0 aromatic carbocycles. The summed E-state index contributed by atoms with van der Waals surface area (Å²) in [6, 6.07) is 0. The first kappa shape index (κ1) is 23.8. The molecule has 0 rings (SSSR count). The molecule has 0 aromatic heterocycles. The second kappa shape index (κ2) is 19.0. The van der Waals surface area contributed by atoms with E-state index in [2.05, 4.69) is 6.92 Å². The van der Waals surface area contributed by atoms with Gasteiger partial charge in [0, 0.05) is 6.42 Å². The smallest absolute Gasteiger partial charge is 1.00 e. The molecule has 0 atom stereocenters. The fourth-order valence-corrected chi connectivity index (χ4v) is 0.880. The summed E-state index contributed by atoms with van der Waals surface area (Å²) in [4.78, 5) is 10.0. The van der Waals surface area contributed by atoms with Crippen LogP contribution in [0.2, 0.25) is 0 Å². The van der Waals surface area contributed by atoms with Crippen molar-refractivity contribution in [1.82, 2.24) is 0 Å². The minimum atomic E-state index is -0.670. The maximum atomic E-state index is 10.0. The molecule has 13 heavy (non-hydrogen) atoms. The molecule has 76 valence electrons. The minimum absolute atomic E-state index is 0. The van der Waals surface area contributed by atoms with Gasteiger partial charge in [0.15, 0.2) is 0 Å². The Morgan fingerprint density at radius 1 is 1.08 bits per heavy atom. The topological polar surface area (TPSA) is 37.3 Å². The van der Waals surface area contributed by atoms with E-state index in [0.29, 0.717) is 6.42 Å². The van der Waals surface area contributed by atoms with Gasteiger partial charge in [0.25, 0.3) is 0 Å². The molecule has 0 aromatic rings. The summed E-state index contributed by atoms with van der Waals surface area (Å²) >= 11 is 0. The van der Waals surface area contributed by atoms with Crippen LogP contribution in [0.15, 0.2) is 0 Å². The molecule has 0 aliphatic heterocycles. The van der Waals surface area contributed by atoms with Crippen LogP contribution >= 0.6 is 0 Å². The second-order valence-corrected chi connectivity index (χ2v) is 2.56. The zero-order chi connectivity index (χ0) is 7.82. The fraction of sp³-hybridized carbons (Fsp3) is 0.875. The Hall–Kier alpha value is 1.31. The average molecular weight is 255 g/mol. The Labute approximate surface area is 123 Å². The Bertz CT molecular complexity index is 102. The first-order chi connectivity index (χ1) is 4.77. The van der Waals surface area contributed by atoms with E-state index in [-0.39, 0.29) is 62.6 Å². The molecular weight excluding hydrogens is 239 g/mol. The molecule has 0 aliphatic rings. The summed E-state index contributed by atoms with van der Waals surface area (Å²) in [5, 5.41) is 8.27. The predicted molar refractivity (Wildman–Crippen MR) is 46.8 cm³/mol. The number of halogens is 2. The van der Waals surface area contributed by atoms with Crippen LogP contribution in [-0.4, -0.2) is 48.8 Å². The number of unbranched alkanes of at least 4 members (excludes halogenated alkanes) is 4. The molecule has 0 heterocycles. The molecule has 5 heteroatoms. The maximum absolute atomic E-state index is 10.0. The third-order valence-corrected chi connectivity index (χ3v) is 1.49. The molecule has 0 saturated carbocycles. The van der Waals surface area contributed by atoms with E-state index >= 15 is 0 Å². The zero-order valence-electron chi connectivity index (χ0n) is 8.06. The van der Waals surface area contributed by atoms with Gasteiger partial charge in [-0.2, -0.15) is 0 Å². The van der Waals surface area contributed by atoms with Gasteiger partial charge in [0.2, 0.25) is 0 Å². The molecule has 0 saturated heterocycles. The molecule has 0 aliphatic carbocycles. The van der Waals surface area contributed by atoms with Gasteiger partial charge in [-0.1, -0.05) is 32.6 Å². The summed E-state index contributed by atoms with van der Waals surface area (Å²) in [6.07, 6.45) is 5.88. The first-order valence-electron chi connectivity index (χ1n) is 3.99. The van der Waals surface area contributed by atoms with Crippen LogP contribution in [0.3, 0.4) is 0 Å². The van der Waals surface area contributed by atoms with Gasteiger partial charge in [0.1, 0.15) is 0 Å². The molecule has 0 spiro atoms. The molecule has 2 nitrogen and oxygen atoms in total. The number of carboxylic acid groups (broad SMARTS) is 1. The second-order valence-electron chi connectivity index (χ2n) is 2.56. The molecule has 1 N–H and O–H groups in total. The molecule has 0 amide bonds. The van der Waals surface area contributed by atoms with Crippen LogP contribution in [0.25, 0.3) is 0 Å².